The van der Waals surface area contributed by atoms with Crippen molar-refractivity contribution in [2.45, 2.75) is 0 Å². The number of nitrogen functional groups attached to an aromatic ring is 1. The van der Waals surface area contributed by atoms with Crippen LogP contribution in [-0.2, 0) is 0 Å². The van der Waals surface area contributed by atoms with Crippen LogP contribution in [0.25, 0.3) is 22.0 Å². The second-order valence-electron chi connectivity index (χ2n) is 3.84. The maximum absolute atomic E-state index is 5.96. The molecule has 0 fully saturated rings. The molecular weight excluding hydrogens is 210 g/mol. The second-order valence-corrected chi connectivity index (χ2v) is 3.84. The molecule has 2 aromatic heterocycles. The Kier molecular flexibility index (Phi) is 2.22. The summed E-state index contributed by atoms with van der Waals surface area (Å²) in [4.78, 5) is 8.51. The van der Waals surface area contributed by atoms with Gasteiger partial charge < -0.3 is 5.73 Å². The third-order valence-corrected chi connectivity index (χ3v) is 2.78. The van der Waals surface area contributed by atoms with Crippen LogP contribution in [0.3, 0.4) is 0 Å². The molecule has 17 heavy (non-hydrogen) atoms. The van der Waals surface area contributed by atoms with E-state index < -0.39 is 0 Å². The van der Waals surface area contributed by atoms with E-state index in [4.69, 9.17) is 5.73 Å². The summed E-state index contributed by atoms with van der Waals surface area (Å²) in [5.74, 6) is 0. The van der Waals surface area contributed by atoms with Gasteiger partial charge in [-0.3, -0.25) is 9.97 Å². The third-order valence-electron chi connectivity index (χ3n) is 2.78. The van der Waals surface area contributed by atoms with Crippen molar-refractivity contribution >= 4 is 16.5 Å². The van der Waals surface area contributed by atoms with Crippen molar-refractivity contribution in [3.63, 3.8) is 0 Å². The maximum Gasteiger partial charge on any atom is 0.0937 e. The van der Waals surface area contributed by atoms with Gasteiger partial charge in [-0.05, 0) is 23.6 Å². The molecule has 1 aromatic carbocycles. The summed E-state index contributed by atoms with van der Waals surface area (Å²) in [5, 5.41) is 2.21. The van der Waals surface area contributed by atoms with Gasteiger partial charge in [-0.25, -0.2) is 0 Å². The van der Waals surface area contributed by atoms with E-state index in [1.54, 1.807) is 12.4 Å². The largest absolute Gasteiger partial charge is 0.397 e. The topological polar surface area (TPSA) is 51.8 Å². The van der Waals surface area contributed by atoms with Gasteiger partial charge in [-0.2, -0.15) is 0 Å². The molecule has 0 bridgehead atoms. The summed E-state index contributed by atoms with van der Waals surface area (Å²) in [6.45, 7) is 0. The van der Waals surface area contributed by atoms with Gasteiger partial charge in [-0.15, -0.1) is 0 Å². The van der Waals surface area contributed by atoms with Crippen LogP contribution in [0.4, 0.5) is 5.69 Å². The number of pyridine rings is 2. The molecule has 82 valence electrons. The number of rotatable bonds is 1. The summed E-state index contributed by atoms with van der Waals surface area (Å²) in [5.41, 5.74) is 8.48. The van der Waals surface area contributed by atoms with Crippen molar-refractivity contribution in [1.29, 1.82) is 0 Å². The average molecular weight is 221 g/mol. The lowest BCUT2D eigenvalue weighted by atomic mass is 10.0. The van der Waals surface area contributed by atoms with Gasteiger partial charge in [0.05, 0.1) is 11.4 Å². The molecule has 0 aliphatic rings. The smallest absolute Gasteiger partial charge is 0.0937 e. The molecule has 0 amide bonds. The Morgan fingerprint density at radius 1 is 0.941 bits per heavy atom. The highest BCUT2D eigenvalue weighted by Crippen LogP contribution is 2.29. The number of aromatic nitrogens is 2. The van der Waals surface area contributed by atoms with Gasteiger partial charge in [0.15, 0.2) is 0 Å². The van der Waals surface area contributed by atoms with Crippen molar-refractivity contribution in [2.75, 3.05) is 5.73 Å². The van der Waals surface area contributed by atoms with Gasteiger partial charge in [0.2, 0.25) is 0 Å². The highest BCUT2D eigenvalue weighted by Gasteiger charge is 2.07. The molecule has 3 aromatic rings. The van der Waals surface area contributed by atoms with Crippen molar-refractivity contribution < 1.29 is 0 Å². The monoisotopic (exact) mass is 221 g/mol. The number of fused-ring (bicyclic) bond motifs is 1. The number of nitrogens with two attached hydrogens (primary N) is 1. The predicted molar refractivity (Wildman–Crippen MR) is 69.4 cm³/mol. The highest BCUT2D eigenvalue weighted by molar-refractivity contribution is 5.97. The zero-order valence-corrected chi connectivity index (χ0v) is 9.17. The standard InChI is InChI=1S/C14H11N3/c15-13-5-2-7-17-14(13)11-4-1-3-10-6-8-16-9-12(10)11/h1-9H,15H2. The van der Waals surface area contributed by atoms with Crippen molar-refractivity contribution in [3.05, 3.63) is 55.0 Å². The minimum absolute atomic E-state index is 0.684. The van der Waals surface area contributed by atoms with Crippen molar-refractivity contribution in [1.82, 2.24) is 9.97 Å². The van der Waals surface area contributed by atoms with Crippen LogP contribution >= 0.6 is 0 Å². The van der Waals surface area contributed by atoms with E-state index in [1.165, 1.54) is 0 Å². The van der Waals surface area contributed by atoms with Crippen LogP contribution in [0, 0.1) is 0 Å². The highest BCUT2D eigenvalue weighted by atomic mass is 14.7. The number of hydrogen-bond acceptors (Lipinski definition) is 3. The molecule has 0 saturated carbocycles. The molecule has 3 rings (SSSR count). The lowest BCUT2D eigenvalue weighted by Gasteiger charge is -2.07. The Labute approximate surface area is 98.9 Å². The quantitative estimate of drug-likeness (QED) is 0.687. The summed E-state index contributed by atoms with van der Waals surface area (Å²) in [7, 11) is 0. The number of hydrogen-bond donors (Lipinski definition) is 1. The lowest BCUT2D eigenvalue weighted by Crippen LogP contribution is -1.93. The molecular formula is C14H11N3. The number of benzene rings is 1. The fraction of sp³-hybridized carbons (Fsp3) is 0. The maximum atomic E-state index is 5.96. The Bertz CT molecular complexity index is 672. The minimum Gasteiger partial charge on any atom is -0.397 e. The fourth-order valence-corrected chi connectivity index (χ4v) is 1.96. The summed E-state index contributed by atoms with van der Waals surface area (Å²) in [6, 6.07) is 11.8. The second kappa shape index (κ2) is 3.87. The number of nitrogens with zero attached hydrogens (tertiary/aromatic N) is 2. The SMILES string of the molecule is Nc1cccnc1-c1cccc2ccncc12. The van der Waals surface area contributed by atoms with Crippen molar-refractivity contribution in [3.8, 4) is 11.3 Å². The first-order valence-electron chi connectivity index (χ1n) is 5.40. The van der Waals surface area contributed by atoms with Crippen molar-refractivity contribution in [2.24, 2.45) is 0 Å². The van der Waals surface area contributed by atoms with Gasteiger partial charge >= 0.3 is 0 Å². The number of anilines is 1. The van der Waals surface area contributed by atoms with E-state index in [-0.39, 0.29) is 0 Å². The van der Waals surface area contributed by atoms with E-state index in [2.05, 4.69) is 16.0 Å². The van der Waals surface area contributed by atoms with E-state index >= 15 is 0 Å². The van der Waals surface area contributed by atoms with Crippen LogP contribution in [0.15, 0.2) is 55.0 Å². The summed E-state index contributed by atoms with van der Waals surface area (Å²) in [6.07, 6.45) is 5.38. The lowest BCUT2D eigenvalue weighted by molar-refractivity contribution is 1.32. The van der Waals surface area contributed by atoms with E-state index in [9.17, 15) is 0 Å². The normalized spacial score (nSPS) is 10.6. The molecule has 3 heteroatoms. The fourth-order valence-electron chi connectivity index (χ4n) is 1.96. The zero-order chi connectivity index (χ0) is 11.7. The van der Waals surface area contributed by atoms with Gasteiger partial charge in [0.25, 0.3) is 0 Å². The molecule has 2 N–H and O–H groups in total. The minimum atomic E-state index is 0.684. The molecule has 0 radical (unpaired) electrons. The van der Waals surface area contributed by atoms with Crippen LogP contribution < -0.4 is 5.73 Å². The van der Waals surface area contributed by atoms with Crippen LogP contribution in [0.2, 0.25) is 0 Å². The molecule has 0 aliphatic heterocycles. The Balaban J connectivity index is 2.35. The van der Waals surface area contributed by atoms with E-state index in [0.717, 1.165) is 22.0 Å². The van der Waals surface area contributed by atoms with Crippen LogP contribution in [-0.4, -0.2) is 9.97 Å². The molecule has 2 heterocycles. The van der Waals surface area contributed by atoms with Crippen LogP contribution in [0.5, 0.6) is 0 Å². The first-order chi connectivity index (χ1) is 8.36. The third kappa shape index (κ3) is 1.61. The Morgan fingerprint density at radius 3 is 2.76 bits per heavy atom. The molecule has 0 unspecified atom stereocenters. The summed E-state index contributed by atoms with van der Waals surface area (Å²) >= 11 is 0. The molecule has 0 aliphatic carbocycles. The molecule has 3 nitrogen and oxygen atoms in total. The first-order valence-corrected chi connectivity index (χ1v) is 5.40. The van der Waals surface area contributed by atoms with Crippen LogP contribution in [0.1, 0.15) is 0 Å². The Morgan fingerprint density at radius 2 is 1.88 bits per heavy atom. The predicted octanol–water partition coefficient (Wildman–Crippen LogP) is 2.88. The molecule has 0 atom stereocenters. The summed E-state index contributed by atoms with van der Waals surface area (Å²) < 4.78 is 0. The molecule has 0 spiro atoms. The van der Waals surface area contributed by atoms with Gasteiger partial charge in [0.1, 0.15) is 0 Å². The average Bonchev–Trinajstić information content (AvgIpc) is 2.39. The van der Waals surface area contributed by atoms with Gasteiger partial charge in [0, 0.05) is 29.5 Å². The molecule has 0 saturated heterocycles. The first kappa shape index (κ1) is 9.78. The van der Waals surface area contributed by atoms with E-state index in [0.29, 0.717) is 5.69 Å². The van der Waals surface area contributed by atoms with E-state index in [1.807, 2.05) is 36.5 Å². The van der Waals surface area contributed by atoms with Gasteiger partial charge in [-0.1, -0.05) is 18.2 Å². The Hall–Kier alpha value is -2.42. The zero-order valence-electron chi connectivity index (χ0n) is 9.17.